The van der Waals surface area contributed by atoms with Crippen molar-refractivity contribution in [2.24, 2.45) is 74.2 Å². The average molecular weight is 576 g/mol. The fourth-order valence-electron chi connectivity index (χ4n) is 13.4. The highest BCUT2D eigenvalue weighted by atomic mass is 16.4. The van der Waals surface area contributed by atoms with Crippen LogP contribution in [0, 0.1) is 68.5 Å². The van der Waals surface area contributed by atoms with Crippen molar-refractivity contribution < 1.29 is 20.4 Å². The van der Waals surface area contributed by atoms with Crippen LogP contribution in [0.25, 0.3) is 0 Å². The van der Waals surface area contributed by atoms with Crippen LogP contribution < -0.4 is 5.73 Å². The van der Waals surface area contributed by atoms with Gasteiger partial charge in [-0.15, -0.1) is 0 Å². The summed E-state index contributed by atoms with van der Waals surface area (Å²) in [5, 5.41) is 41.5. The quantitative estimate of drug-likeness (QED) is 0.250. The number of fused-ring (bicyclic) bond motifs is 7. The van der Waals surface area contributed by atoms with E-state index in [4.69, 9.17) is 5.73 Å². The van der Waals surface area contributed by atoms with E-state index in [-0.39, 0.29) is 12.5 Å². The molecule has 0 heterocycles. The van der Waals surface area contributed by atoms with Gasteiger partial charge in [-0.25, -0.2) is 0 Å². The molecular weight excluding hydrogens is 510 g/mol. The van der Waals surface area contributed by atoms with E-state index in [0.29, 0.717) is 45.3 Å². The highest BCUT2D eigenvalue weighted by Gasteiger charge is 2.70. The van der Waals surface area contributed by atoms with Gasteiger partial charge in [0.1, 0.15) is 12.2 Å². The number of hydrogen-bond donors (Lipinski definition) is 5. The van der Waals surface area contributed by atoms with Crippen molar-refractivity contribution in [3.8, 4) is 0 Å². The van der Waals surface area contributed by atoms with Gasteiger partial charge in [0.25, 0.3) is 0 Å². The minimum absolute atomic E-state index is 0.139. The Balaban J connectivity index is 1.34. The van der Waals surface area contributed by atoms with Crippen LogP contribution >= 0.6 is 0 Å². The molecule has 0 bridgehead atoms. The summed E-state index contributed by atoms with van der Waals surface area (Å²) in [6.45, 7) is 20.6. The van der Waals surface area contributed by atoms with Crippen LogP contribution in [0.15, 0.2) is 0 Å². The van der Waals surface area contributed by atoms with Gasteiger partial charge in [0.2, 0.25) is 0 Å². The van der Waals surface area contributed by atoms with Gasteiger partial charge in [-0.05, 0) is 139 Å². The van der Waals surface area contributed by atoms with Crippen LogP contribution in [0.2, 0.25) is 0 Å². The zero-order valence-corrected chi connectivity index (χ0v) is 27.7. The van der Waals surface area contributed by atoms with E-state index in [0.717, 1.165) is 23.7 Å². The maximum atomic E-state index is 10.8. The summed E-state index contributed by atoms with van der Waals surface area (Å²) in [7, 11) is 0. The van der Waals surface area contributed by atoms with Gasteiger partial charge in [0.15, 0.2) is 0 Å². The molecule has 5 fully saturated rings. The maximum Gasteiger partial charge on any atom is 0.109 e. The second-order valence-electron chi connectivity index (χ2n) is 17.8. The third-order valence-corrected chi connectivity index (χ3v) is 16.3. The Morgan fingerprint density at radius 2 is 1.20 bits per heavy atom. The van der Waals surface area contributed by atoms with Gasteiger partial charge in [0, 0.05) is 6.54 Å². The maximum absolute atomic E-state index is 10.8. The molecule has 0 unspecified atom stereocenters. The zero-order valence-electron chi connectivity index (χ0n) is 27.7. The summed E-state index contributed by atoms with van der Waals surface area (Å²) < 4.78 is 0. The van der Waals surface area contributed by atoms with E-state index >= 15 is 0 Å². The summed E-state index contributed by atoms with van der Waals surface area (Å²) in [5.41, 5.74) is 7.46. The predicted octanol–water partition coefficient (Wildman–Crippen LogP) is 6.15. The molecule has 0 aromatic heterocycles. The third kappa shape index (κ3) is 4.55. The molecule has 5 nitrogen and oxygen atoms in total. The lowest BCUT2D eigenvalue weighted by molar-refractivity contribution is -0.246. The Kier molecular flexibility index (Phi) is 8.41. The van der Waals surface area contributed by atoms with Crippen LogP contribution in [-0.4, -0.2) is 51.4 Å². The third-order valence-electron chi connectivity index (χ3n) is 16.3. The first-order valence-electron chi connectivity index (χ1n) is 17.4. The van der Waals surface area contributed by atoms with Crippen molar-refractivity contribution in [2.75, 3.05) is 6.54 Å². The first-order valence-corrected chi connectivity index (χ1v) is 17.4. The van der Waals surface area contributed by atoms with Gasteiger partial charge >= 0.3 is 0 Å². The van der Waals surface area contributed by atoms with E-state index in [1.54, 1.807) is 0 Å². The molecular formula is C36H65NO4. The zero-order chi connectivity index (χ0) is 30.3. The minimum Gasteiger partial charge on any atom is -0.390 e. The van der Waals surface area contributed by atoms with E-state index in [2.05, 4.69) is 55.4 Å². The molecule has 0 aromatic carbocycles. The van der Waals surface area contributed by atoms with E-state index < -0.39 is 24.4 Å². The van der Waals surface area contributed by atoms with Gasteiger partial charge < -0.3 is 26.2 Å². The lowest BCUT2D eigenvalue weighted by Gasteiger charge is -2.73. The first kappa shape index (κ1) is 32.2. The largest absolute Gasteiger partial charge is 0.390 e. The Labute approximate surface area is 251 Å². The van der Waals surface area contributed by atoms with Crippen molar-refractivity contribution in [3.63, 3.8) is 0 Å². The molecule has 6 N–H and O–H groups in total. The molecule has 5 aliphatic rings. The summed E-state index contributed by atoms with van der Waals surface area (Å²) in [6.07, 6.45) is 8.77. The fourth-order valence-corrected chi connectivity index (χ4v) is 13.4. The monoisotopic (exact) mass is 575 g/mol. The molecule has 5 heteroatoms. The standard InChI is InChI=1S/C36H65NO4/c1-21(19-25(38)30(40)31(41)26(39)20-37)23-12-16-33(5)24(23)13-17-35(7)28(33)9-10-29-34(6)15-11-22(2)32(3,4)27(34)14-18-36(29,35)8/h21-31,38-41H,9-20,37H2,1-8H3/t21-,22+,23-,24+,25-,26+,27+,28-,29-,30-,31+,33+,34+,35-,36-/m1/s1. The van der Waals surface area contributed by atoms with E-state index in [1.165, 1.54) is 64.2 Å². The highest BCUT2D eigenvalue weighted by molar-refractivity contribution is 5.19. The summed E-state index contributed by atoms with van der Waals surface area (Å²) in [6, 6.07) is 0. The highest BCUT2D eigenvalue weighted by Crippen LogP contribution is 2.78. The van der Waals surface area contributed by atoms with Gasteiger partial charge in [0.05, 0.1) is 12.2 Å². The molecule has 0 amide bonds. The van der Waals surface area contributed by atoms with Gasteiger partial charge in [-0.3, -0.25) is 0 Å². The SMILES string of the molecule is C[C@H](C[C@@H](O)[C@@H](O)[C@@H](O)[C@@H](O)CN)[C@H]1CC[C@]2(C)[C@H]3CC[C@@H]4[C@@]5(C)CC[C@H](C)C(C)(C)[C@@H]5CC[C@@]4(C)[C@]3(C)CC[C@@H]12. The molecule has 0 saturated heterocycles. The van der Waals surface area contributed by atoms with E-state index in [1.807, 2.05) is 0 Å². The first-order chi connectivity index (χ1) is 19.0. The normalized spacial score (nSPS) is 50.9. The average Bonchev–Trinajstić information content (AvgIpc) is 3.27. The second-order valence-corrected chi connectivity index (χ2v) is 17.8. The van der Waals surface area contributed by atoms with Crippen LogP contribution in [0.3, 0.4) is 0 Å². The van der Waals surface area contributed by atoms with Gasteiger partial charge in [-0.1, -0.05) is 55.4 Å². The topological polar surface area (TPSA) is 107 Å². The van der Waals surface area contributed by atoms with Crippen molar-refractivity contribution >= 4 is 0 Å². The van der Waals surface area contributed by atoms with Crippen LogP contribution in [0.4, 0.5) is 0 Å². The minimum atomic E-state index is -1.42. The number of rotatable bonds is 7. The Bertz CT molecular complexity index is 956. The number of nitrogens with two attached hydrogens (primary N) is 1. The lowest BCUT2D eigenvalue weighted by atomic mass is 9.31. The molecule has 5 aliphatic carbocycles. The van der Waals surface area contributed by atoms with Crippen LogP contribution in [0.5, 0.6) is 0 Å². The lowest BCUT2D eigenvalue weighted by Crippen LogP contribution is -2.66. The number of hydrogen-bond acceptors (Lipinski definition) is 5. The van der Waals surface area contributed by atoms with Crippen molar-refractivity contribution in [2.45, 2.75) is 150 Å². The van der Waals surface area contributed by atoms with E-state index in [9.17, 15) is 20.4 Å². The molecule has 41 heavy (non-hydrogen) atoms. The molecule has 0 aliphatic heterocycles. The molecule has 5 saturated carbocycles. The molecule has 0 spiro atoms. The molecule has 238 valence electrons. The summed E-state index contributed by atoms with van der Waals surface area (Å²) in [4.78, 5) is 0. The second kappa shape index (κ2) is 10.7. The molecule has 15 atom stereocenters. The van der Waals surface area contributed by atoms with Crippen LogP contribution in [0.1, 0.15) is 126 Å². The summed E-state index contributed by atoms with van der Waals surface area (Å²) in [5.74, 6) is 4.67. The van der Waals surface area contributed by atoms with Crippen molar-refractivity contribution in [1.82, 2.24) is 0 Å². The van der Waals surface area contributed by atoms with Crippen LogP contribution in [-0.2, 0) is 0 Å². The molecule has 0 radical (unpaired) electrons. The molecule has 5 rings (SSSR count). The Hall–Kier alpha value is -0.200. The molecule has 0 aromatic rings. The van der Waals surface area contributed by atoms with Crippen molar-refractivity contribution in [1.29, 1.82) is 0 Å². The Morgan fingerprint density at radius 1 is 0.659 bits per heavy atom. The Morgan fingerprint density at radius 3 is 1.80 bits per heavy atom. The van der Waals surface area contributed by atoms with Gasteiger partial charge in [-0.2, -0.15) is 0 Å². The fraction of sp³-hybridized carbons (Fsp3) is 1.00. The van der Waals surface area contributed by atoms with Crippen molar-refractivity contribution in [3.05, 3.63) is 0 Å². The predicted molar refractivity (Wildman–Crippen MR) is 166 cm³/mol. The summed E-state index contributed by atoms with van der Waals surface area (Å²) >= 11 is 0. The smallest absolute Gasteiger partial charge is 0.109 e. The number of aliphatic hydroxyl groups is 4. The number of aliphatic hydroxyl groups excluding tert-OH is 4.